The van der Waals surface area contributed by atoms with Gasteiger partial charge in [-0.3, -0.25) is 5.10 Å². The lowest BCUT2D eigenvalue weighted by molar-refractivity contribution is 0.412. The quantitative estimate of drug-likeness (QED) is 0.705. The maximum Gasteiger partial charge on any atom is 0.296 e. The second kappa shape index (κ2) is 3.51. The molecule has 0 saturated heterocycles. The molecule has 0 aromatic carbocycles. The zero-order valence-corrected chi connectivity index (χ0v) is 9.13. The predicted octanol–water partition coefficient (Wildman–Crippen LogP) is 1.13. The molecule has 0 amide bonds. The van der Waals surface area contributed by atoms with E-state index in [2.05, 4.69) is 30.3 Å². The molecular formula is C9H8N6O2. The molecule has 0 saturated carbocycles. The van der Waals surface area contributed by atoms with Crippen molar-refractivity contribution in [2.24, 2.45) is 0 Å². The van der Waals surface area contributed by atoms with Crippen LogP contribution in [0.25, 0.3) is 23.3 Å². The van der Waals surface area contributed by atoms with E-state index in [0.717, 1.165) is 0 Å². The Morgan fingerprint density at radius 1 is 1.24 bits per heavy atom. The van der Waals surface area contributed by atoms with Gasteiger partial charge in [-0.15, -0.1) is 0 Å². The molecule has 0 aliphatic carbocycles. The summed E-state index contributed by atoms with van der Waals surface area (Å²) in [7, 11) is 0. The smallest absolute Gasteiger partial charge is 0.296 e. The van der Waals surface area contributed by atoms with Crippen LogP contribution in [-0.2, 0) is 0 Å². The molecule has 0 spiro atoms. The van der Waals surface area contributed by atoms with Crippen molar-refractivity contribution in [3.05, 3.63) is 17.9 Å². The molecule has 3 aromatic rings. The Balaban J connectivity index is 2.03. The summed E-state index contributed by atoms with van der Waals surface area (Å²) in [5, 5.41) is 10.1. The molecule has 17 heavy (non-hydrogen) atoms. The number of aromatic nitrogens is 6. The van der Waals surface area contributed by atoms with Gasteiger partial charge in [0, 0.05) is 6.92 Å². The minimum atomic E-state index is 0.273. The van der Waals surface area contributed by atoms with Crippen LogP contribution in [0.5, 0.6) is 0 Å². The van der Waals surface area contributed by atoms with Crippen molar-refractivity contribution in [2.45, 2.75) is 13.8 Å². The Morgan fingerprint density at radius 3 is 2.76 bits per heavy atom. The molecule has 8 nitrogen and oxygen atoms in total. The summed E-state index contributed by atoms with van der Waals surface area (Å²) < 4.78 is 10.5. The van der Waals surface area contributed by atoms with Crippen molar-refractivity contribution < 1.29 is 8.94 Å². The Morgan fingerprint density at radius 2 is 2.12 bits per heavy atom. The van der Waals surface area contributed by atoms with Gasteiger partial charge in [-0.1, -0.05) is 5.16 Å². The average molecular weight is 232 g/mol. The van der Waals surface area contributed by atoms with Gasteiger partial charge in [0.1, 0.15) is 6.33 Å². The van der Waals surface area contributed by atoms with Gasteiger partial charge in [0.05, 0.1) is 5.69 Å². The van der Waals surface area contributed by atoms with Crippen LogP contribution in [0.15, 0.2) is 15.3 Å². The van der Waals surface area contributed by atoms with E-state index >= 15 is 0 Å². The molecule has 3 heterocycles. The van der Waals surface area contributed by atoms with Crippen molar-refractivity contribution in [3.63, 3.8) is 0 Å². The van der Waals surface area contributed by atoms with E-state index in [-0.39, 0.29) is 5.89 Å². The van der Waals surface area contributed by atoms with Crippen LogP contribution in [-0.4, -0.2) is 30.3 Å². The lowest BCUT2D eigenvalue weighted by Crippen LogP contribution is -1.83. The van der Waals surface area contributed by atoms with Crippen LogP contribution in [0.1, 0.15) is 11.6 Å². The zero-order chi connectivity index (χ0) is 11.8. The first kappa shape index (κ1) is 9.70. The van der Waals surface area contributed by atoms with Crippen molar-refractivity contribution >= 4 is 0 Å². The van der Waals surface area contributed by atoms with Gasteiger partial charge >= 0.3 is 0 Å². The summed E-state index contributed by atoms with van der Waals surface area (Å²) in [5.41, 5.74) is 0.704. The average Bonchev–Trinajstić information content (AvgIpc) is 2.97. The molecule has 0 unspecified atom stereocenters. The molecule has 0 radical (unpaired) electrons. The summed E-state index contributed by atoms with van der Waals surface area (Å²) >= 11 is 0. The second-order valence-electron chi connectivity index (χ2n) is 3.40. The van der Waals surface area contributed by atoms with Crippen LogP contribution >= 0.6 is 0 Å². The molecule has 0 aliphatic rings. The van der Waals surface area contributed by atoms with Gasteiger partial charge in [0.25, 0.3) is 5.89 Å². The fraction of sp³-hybridized carbons (Fsp3) is 0.222. The highest BCUT2D eigenvalue weighted by molar-refractivity contribution is 5.51. The Kier molecular flexibility index (Phi) is 2.00. The topological polar surface area (TPSA) is 107 Å². The van der Waals surface area contributed by atoms with E-state index in [1.165, 1.54) is 6.33 Å². The van der Waals surface area contributed by atoms with E-state index < -0.39 is 0 Å². The summed E-state index contributed by atoms with van der Waals surface area (Å²) in [6.45, 7) is 3.56. The van der Waals surface area contributed by atoms with Gasteiger partial charge in [-0.05, 0) is 6.92 Å². The van der Waals surface area contributed by atoms with Crippen LogP contribution in [0, 0.1) is 13.8 Å². The van der Waals surface area contributed by atoms with Crippen molar-refractivity contribution in [1.29, 1.82) is 0 Å². The van der Waals surface area contributed by atoms with Crippen molar-refractivity contribution in [3.8, 4) is 23.3 Å². The van der Waals surface area contributed by atoms with Crippen molar-refractivity contribution in [1.82, 2.24) is 30.3 Å². The SMILES string of the molecule is Cc1nc(C)c(-c2nc(-c3ncn[nH]3)no2)o1. The number of H-pyrrole nitrogens is 1. The van der Waals surface area contributed by atoms with Gasteiger partial charge in [-0.25, -0.2) is 9.97 Å². The molecule has 0 aliphatic heterocycles. The van der Waals surface area contributed by atoms with Gasteiger partial charge in [0.15, 0.2) is 11.7 Å². The largest absolute Gasteiger partial charge is 0.436 e. The van der Waals surface area contributed by atoms with Gasteiger partial charge in [-0.2, -0.15) is 10.1 Å². The van der Waals surface area contributed by atoms with Crippen LogP contribution < -0.4 is 0 Å². The monoisotopic (exact) mass is 232 g/mol. The number of nitrogens with zero attached hydrogens (tertiary/aromatic N) is 5. The first-order valence-corrected chi connectivity index (χ1v) is 4.88. The van der Waals surface area contributed by atoms with Gasteiger partial charge in [0.2, 0.25) is 11.6 Å². The zero-order valence-electron chi connectivity index (χ0n) is 9.13. The van der Waals surface area contributed by atoms with E-state index in [1.54, 1.807) is 6.92 Å². The summed E-state index contributed by atoms with van der Waals surface area (Å²) in [4.78, 5) is 12.2. The highest BCUT2D eigenvalue weighted by Gasteiger charge is 2.18. The molecule has 3 rings (SSSR count). The second-order valence-corrected chi connectivity index (χ2v) is 3.40. The normalized spacial score (nSPS) is 10.9. The number of hydrogen-bond donors (Lipinski definition) is 1. The Hall–Kier alpha value is -2.51. The number of hydrogen-bond acceptors (Lipinski definition) is 7. The highest BCUT2D eigenvalue weighted by atomic mass is 16.5. The fourth-order valence-electron chi connectivity index (χ4n) is 1.45. The summed E-state index contributed by atoms with van der Waals surface area (Å²) in [6.07, 6.45) is 1.37. The maximum absolute atomic E-state index is 5.38. The fourth-order valence-corrected chi connectivity index (χ4v) is 1.45. The molecule has 1 N–H and O–H groups in total. The molecule has 8 heteroatoms. The van der Waals surface area contributed by atoms with Crippen LogP contribution in [0.3, 0.4) is 0 Å². The third-order valence-corrected chi connectivity index (χ3v) is 2.15. The molecule has 0 atom stereocenters. The molecule has 86 valence electrons. The summed E-state index contributed by atoms with van der Waals surface area (Å²) in [5.74, 6) is 2.06. The predicted molar refractivity (Wildman–Crippen MR) is 54.6 cm³/mol. The molecule has 0 fully saturated rings. The minimum absolute atomic E-state index is 0.273. The first-order valence-electron chi connectivity index (χ1n) is 4.88. The molecule has 3 aromatic heterocycles. The Labute approximate surface area is 95.1 Å². The molecule has 0 bridgehead atoms. The first-order chi connectivity index (χ1) is 8.24. The van der Waals surface area contributed by atoms with E-state index in [4.69, 9.17) is 8.94 Å². The lowest BCUT2D eigenvalue weighted by Gasteiger charge is -1.86. The Bertz CT molecular complexity index is 638. The third kappa shape index (κ3) is 1.59. The maximum atomic E-state index is 5.38. The standard InChI is InChI=1S/C9H8N6O2/c1-4-6(16-5(2)12-4)9-13-8(15-17-9)7-10-3-11-14-7/h3H,1-2H3,(H,10,11,14). The third-order valence-electron chi connectivity index (χ3n) is 2.15. The van der Waals surface area contributed by atoms with E-state index in [1.807, 2.05) is 6.92 Å². The number of rotatable bonds is 2. The number of aromatic amines is 1. The van der Waals surface area contributed by atoms with E-state index in [9.17, 15) is 0 Å². The highest BCUT2D eigenvalue weighted by Crippen LogP contribution is 2.24. The number of nitrogens with one attached hydrogen (secondary N) is 1. The number of oxazole rings is 1. The lowest BCUT2D eigenvalue weighted by atomic mass is 10.4. The summed E-state index contributed by atoms with van der Waals surface area (Å²) in [6, 6.07) is 0. The molecular weight excluding hydrogens is 224 g/mol. The minimum Gasteiger partial charge on any atom is -0.436 e. The van der Waals surface area contributed by atoms with Crippen LogP contribution in [0.2, 0.25) is 0 Å². The van der Waals surface area contributed by atoms with Gasteiger partial charge < -0.3 is 8.94 Å². The number of aryl methyl sites for hydroxylation is 2. The van der Waals surface area contributed by atoms with Crippen LogP contribution in [0.4, 0.5) is 0 Å². The van der Waals surface area contributed by atoms with E-state index in [0.29, 0.717) is 29.0 Å². The van der Waals surface area contributed by atoms with Crippen molar-refractivity contribution in [2.75, 3.05) is 0 Å².